The number of Topliss-reactive ketones (excluding diaryl/α,β-unsaturated/α-hetero) is 1. The molecule has 38 heavy (non-hydrogen) atoms. The van der Waals surface area contributed by atoms with Crippen LogP contribution in [0.4, 0.5) is 0 Å². The minimum atomic E-state index is -2.15. The summed E-state index contributed by atoms with van der Waals surface area (Å²) >= 11 is 51.5. The first-order valence-corrected chi connectivity index (χ1v) is 13.8. The molecule has 3 amide bonds. The normalized spacial score (nSPS) is 29.2. The number of rotatable bonds is 5. The van der Waals surface area contributed by atoms with E-state index in [4.69, 9.17) is 92.8 Å². The van der Waals surface area contributed by atoms with Crippen LogP contribution in [0.1, 0.15) is 20.7 Å². The summed E-state index contributed by atoms with van der Waals surface area (Å²) in [6.45, 7) is -0.717. The lowest BCUT2D eigenvalue weighted by atomic mass is 9.84. The summed E-state index contributed by atoms with van der Waals surface area (Å²) < 4.78 is -2.15. The van der Waals surface area contributed by atoms with Gasteiger partial charge in [0.2, 0.25) is 0 Å². The second kappa shape index (κ2) is 9.42. The topological polar surface area (TPSA) is 74.8 Å². The monoisotopic (exact) mass is 672 g/mol. The van der Waals surface area contributed by atoms with Crippen LogP contribution >= 0.6 is 92.8 Å². The summed E-state index contributed by atoms with van der Waals surface area (Å²) in [6, 6.07) is 12.0. The van der Waals surface area contributed by atoms with Gasteiger partial charge in [0.25, 0.3) is 17.7 Å². The molecule has 1 saturated heterocycles. The van der Waals surface area contributed by atoms with Gasteiger partial charge in [-0.15, -0.1) is 23.2 Å². The highest BCUT2D eigenvalue weighted by Gasteiger charge is 2.88. The first-order chi connectivity index (χ1) is 17.7. The molecule has 0 spiro atoms. The van der Waals surface area contributed by atoms with Crippen LogP contribution in [0.25, 0.3) is 0 Å². The van der Waals surface area contributed by atoms with Gasteiger partial charge in [0.1, 0.15) is 16.3 Å². The molecule has 0 unspecified atom stereocenters. The Bertz CT molecular complexity index is 1420. The van der Waals surface area contributed by atoms with Crippen LogP contribution in [0.5, 0.6) is 0 Å². The Balaban J connectivity index is 1.62. The van der Waals surface area contributed by atoms with Crippen molar-refractivity contribution in [2.24, 2.45) is 11.8 Å². The number of carbonyl (C=O) groups is 4. The Hall–Kier alpha value is -1.22. The third-order valence-corrected chi connectivity index (χ3v) is 11.7. The van der Waals surface area contributed by atoms with Crippen molar-refractivity contribution in [2.75, 3.05) is 6.54 Å². The number of hydrogen-bond acceptors (Lipinski definition) is 4. The average molecular weight is 676 g/mol. The van der Waals surface area contributed by atoms with E-state index in [9.17, 15) is 19.2 Å². The van der Waals surface area contributed by atoms with Crippen molar-refractivity contribution in [2.45, 2.75) is 14.1 Å². The van der Waals surface area contributed by atoms with Gasteiger partial charge in [0, 0.05) is 10.6 Å². The summed E-state index contributed by atoms with van der Waals surface area (Å²) in [5.41, 5.74) is 0.0970. The average Bonchev–Trinajstić information content (AvgIpc) is 3.26. The fraction of sp³-hybridized carbons (Fsp3) is 0.250. The number of amides is 3. The van der Waals surface area contributed by atoms with Gasteiger partial charge in [-0.05, 0) is 18.2 Å². The number of alkyl halides is 4. The van der Waals surface area contributed by atoms with Crippen LogP contribution in [0.15, 0.2) is 58.6 Å². The zero-order chi connectivity index (χ0) is 27.9. The Morgan fingerprint density at radius 1 is 0.816 bits per heavy atom. The third kappa shape index (κ3) is 3.55. The molecule has 198 valence electrons. The van der Waals surface area contributed by atoms with Gasteiger partial charge in [-0.3, -0.25) is 19.2 Å². The van der Waals surface area contributed by atoms with Gasteiger partial charge in [-0.25, -0.2) is 5.01 Å². The molecule has 2 fully saturated rings. The molecule has 2 aromatic rings. The Morgan fingerprint density at radius 3 is 1.84 bits per heavy atom. The molecule has 2 bridgehead atoms. The number of hydrazine groups is 1. The summed E-state index contributed by atoms with van der Waals surface area (Å²) in [6.07, 6.45) is 0. The quantitative estimate of drug-likeness (QED) is 0.201. The first kappa shape index (κ1) is 28.3. The molecule has 2 aromatic carbocycles. The SMILES string of the molecule is O=C(CN(C(=O)c1ccc(Cl)cc1Cl)N1C(=O)[C@@H]2[C@H](C1=O)[C@@]1(Cl)C(Cl)=C(Cl)[C@@]2(Cl)C1(Cl)Cl)c1ccccc1. The van der Waals surface area contributed by atoms with Crippen molar-refractivity contribution in [3.63, 3.8) is 0 Å². The lowest BCUT2D eigenvalue weighted by Crippen LogP contribution is -2.56. The molecule has 1 saturated carbocycles. The number of allylic oxidation sites excluding steroid dienone is 2. The third-order valence-electron chi connectivity index (χ3n) is 6.91. The van der Waals surface area contributed by atoms with Crippen molar-refractivity contribution in [1.29, 1.82) is 0 Å². The lowest BCUT2D eigenvalue weighted by molar-refractivity contribution is -0.154. The molecule has 1 heterocycles. The van der Waals surface area contributed by atoms with Crippen LogP contribution in [0.3, 0.4) is 0 Å². The maximum absolute atomic E-state index is 13.9. The molecule has 1 aliphatic heterocycles. The number of halogens is 8. The minimum Gasteiger partial charge on any atom is -0.292 e. The van der Waals surface area contributed by atoms with E-state index < -0.39 is 56.0 Å². The summed E-state index contributed by atoms with van der Waals surface area (Å²) in [4.78, 5) is 50.5. The highest BCUT2D eigenvalue weighted by molar-refractivity contribution is 6.66. The van der Waals surface area contributed by atoms with Crippen LogP contribution in [0.2, 0.25) is 10.0 Å². The van der Waals surface area contributed by atoms with Crippen molar-refractivity contribution < 1.29 is 19.2 Å². The number of nitrogens with zero attached hydrogens (tertiary/aromatic N) is 2. The predicted molar refractivity (Wildman–Crippen MR) is 147 cm³/mol. The van der Waals surface area contributed by atoms with Crippen LogP contribution in [-0.4, -0.2) is 54.1 Å². The summed E-state index contributed by atoms with van der Waals surface area (Å²) in [5.74, 6) is -6.51. The molecule has 0 aromatic heterocycles. The number of hydrogen-bond donors (Lipinski definition) is 0. The van der Waals surface area contributed by atoms with E-state index in [2.05, 4.69) is 0 Å². The fourth-order valence-electron chi connectivity index (χ4n) is 5.10. The van der Waals surface area contributed by atoms with E-state index in [1.807, 2.05) is 0 Å². The van der Waals surface area contributed by atoms with Gasteiger partial charge in [0.05, 0.1) is 32.5 Å². The van der Waals surface area contributed by atoms with Crippen LogP contribution in [-0.2, 0) is 9.59 Å². The van der Waals surface area contributed by atoms with E-state index in [0.29, 0.717) is 10.0 Å². The Labute approximate surface area is 256 Å². The zero-order valence-corrected chi connectivity index (χ0v) is 24.6. The zero-order valence-electron chi connectivity index (χ0n) is 18.5. The molecule has 4 atom stereocenters. The molecular formula is C24H12Cl8N2O4. The number of imide groups is 1. The summed E-state index contributed by atoms with van der Waals surface area (Å²) in [7, 11) is 0. The minimum absolute atomic E-state index is 0.0741. The highest BCUT2D eigenvalue weighted by atomic mass is 35.5. The number of ketones is 1. The Kier molecular flexibility index (Phi) is 7.02. The molecule has 0 radical (unpaired) electrons. The van der Waals surface area contributed by atoms with E-state index in [1.54, 1.807) is 18.2 Å². The predicted octanol–water partition coefficient (Wildman–Crippen LogP) is 6.68. The van der Waals surface area contributed by atoms with Crippen molar-refractivity contribution in [3.05, 3.63) is 79.8 Å². The molecule has 5 rings (SSSR count). The fourth-order valence-corrected chi connectivity index (χ4v) is 8.52. The Morgan fingerprint density at radius 2 is 1.34 bits per heavy atom. The van der Waals surface area contributed by atoms with Gasteiger partial charge in [-0.1, -0.05) is 99.9 Å². The maximum atomic E-state index is 13.9. The van der Waals surface area contributed by atoms with Gasteiger partial charge in [-0.2, -0.15) is 5.01 Å². The van der Waals surface area contributed by atoms with Crippen LogP contribution in [0, 0.1) is 11.8 Å². The van der Waals surface area contributed by atoms with Crippen molar-refractivity contribution >= 4 is 116 Å². The number of benzene rings is 2. The molecule has 3 aliphatic rings. The van der Waals surface area contributed by atoms with Crippen LogP contribution < -0.4 is 0 Å². The highest BCUT2D eigenvalue weighted by Crippen LogP contribution is 2.77. The summed E-state index contributed by atoms with van der Waals surface area (Å²) in [5, 5.41) is 0.782. The van der Waals surface area contributed by atoms with Gasteiger partial charge < -0.3 is 0 Å². The molecule has 0 N–H and O–H groups in total. The first-order valence-electron chi connectivity index (χ1n) is 10.8. The molecule has 14 heteroatoms. The molecule has 6 nitrogen and oxygen atoms in total. The second-order valence-electron chi connectivity index (χ2n) is 8.85. The smallest absolute Gasteiger partial charge is 0.274 e. The standard InChI is InChI=1S/C24H12Cl8N2O4/c25-11-6-7-12(13(26)8-11)19(36)33(9-14(35)10-4-2-1-3-5-10)34-20(37)15-16(21(34)38)23(30)18(28)17(27)22(15,29)24(23,31)32/h1-8,15-16H,9H2/t15-,16+,22-,23-/m1/s1. The van der Waals surface area contributed by atoms with Crippen molar-refractivity contribution in [3.8, 4) is 0 Å². The molecule has 2 aliphatic carbocycles. The van der Waals surface area contributed by atoms with Gasteiger partial charge in [0.15, 0.2) is 10.1 Å². The van der Waals surface area contributed by atoms with Crippen molar-refractivity contribution in [1.82, 2.24) is 10.0 Å². The van der Waals surface area contributed by atoms with Gasteiger partial charge >= 0.3 is 0 Å². The second-order valence-corrected chi connectivity index (χ2v) is 13.0. The van der Waals surface area contributed by atoms with E-state index >= 15 is 0 Å². The number of fused-ring (bicyclic) bond motifs is 5. The van der Waals surface area contributed by atoms with E-state index in [-0.39, 0.29) is 31.2 Å². The van der Waals surface area contributed by atoms with E-state index in [1.165, 1.54) is 30.3 Å². The molecular weight excluding hydrogens is 664 g/mol. The maximum Gasteiger partial charge on any atom is 0.274 e. The number of carbonyl (C=O) groups excluding carboxylic acids is 4. The lowest BCUT2D eigenvalue weighted by Gasteiger charge is -2.36. The largest absolute Gasteiger partial charge is 0.292 e. The van der Waals surface area contributed by atoms with E-state index in [0.717, 1.165) is 0 Å².